The van der Waals surface area contributed by atoms with Gasteiger partial charge in [-0.1, -0.05) is 12.2 Å². The monoisotopic (exact) mass is 275 g/mol. The van der Waals surface area contributed by atoms with Gasteiger partial charge in [-0.25, -0.2) is 13.1 Å². The van der Waals surface area contributed by atoms with Gasteiger partial charge in [0.15, 0.2) is 0 Å². The molecule has 0 bridgehead atoms. The predicted octanol–water partition coefficient (Wildman–Crippen LogP) is 1.93. The van der Waals surface area contributed by atoms with Crippen LogP contribution >= 0.6 is 11.3 Å². The zero-order chi connectivity index (χ0) is 12.9. The molecule has 0 saturated carbocycles. The van der Waals surface area contributed by atoms with Crippen LogP contribution in [0, 0.1) is 6.92 Å². The fraction of sp³-hybridized carbons (Fsp3) is 0.455. The second kappa shape index (κ2) is 6.30. The first-order valence-electron chi connectivity index (χ1n) is 5.20. The molecule has 1 rings (SSSR count). The van der Waals surface area contributed by atoms with E-state index >= 15 is 0 Å². The molecule has 1 aromatic heterocycles. The maximum absolute atomic E-state index is 11.8. The van der Waals surface area contributed by atoms with Crippen LogP contribution in [0.25, 0.3) is 0 Å². The molecule has 0 fully saturated rings. The van der Waals surface area contributed by atoms with Crippen LogP contribution in [-0.2, 0) is 14.8 Å². The molecule has 6 heteroatoms. The van der Waals surface area contributed by atoms with E-state index in [0.29, 0.717) is 17.4 Å². The summed E-state index contributed by atoms with van der Waals surface area (Å²) in [4.78, 5) is 0.976. The molecule has 1 aromatic rings. The summed E-state index contributed by atoms with van der Waals surface area (Å²) < 4.78 is 31.6. The van der Waals surface area contributed by atoms with Gasteiger partial charge in [0.25, 0.3) is 0 Å². The van der Waals surface area contributed by atoms with Crippen molar-refractivity contribution in [2.45, 2.75) is 18.1 Å². The lowest BCUT2D eigenvalue weighted by molar-refractivity contribution is 0.162. The summed E-state index contributed by atoms with van der Waals surface area (Å²) in [6.07, 6.45) is 0. The van der Waals surface area contributed by atoms with E-state index in [0.717, 1.165) is 10.5 Å². The molecule has 1 N–H and O–H groups in total. The Balaban J connectivity index is 2.38. The van der Waals surface area contributed by atoms with E-state index in [-0.39, 0.29) is 6.54 Å². The summed E-state index contributed by atoms with van der Waals surface area (Å²) in [6, 6.07) is 3.40. The standard InChI is InChI=1S/C11H17NO3S2/c1-9(2)8-15-7-6-12-17(13,14)11-5-4-10(3)16-11/h4-5,12H,1,6-8H2,2-3H3. The maximum atomic E-state index is 11.8. The molecule has 17 heavy (non-hydrogen) atoms. The van der Waals surface area contributed by atoms with Gasteiger partial charge in [0, 0.05) is 11.4 Å². The average molecular weight is 275 g/mol. The minimum absolute atomic E-state index is 0.270. The third-order valence-electron chi connectivity index (χ3n) is 1.87. The lowest BCUT2D eigenvalue weighted by Crippen LogP contribution is -2.27. The molecule has 1 heterocycles. The molecule has 96 valence electrons. The third-order valence-corrected chi connectivity index (χ3v) is 4.82. The van der Waals surface area contributed by atoms with Gasteiger partial charge in [-0.15, -0.1) is 11.3 Å². The van der Waals surface area contributed by atoms with E-state index in [2.05, 4.69) is 11.3 Å². The Morgan fingerprint density at radius 3 is 2.76 bits per heavy atom. The lowest BCUT2D eigenvalue weighted by Gasteiger charge is -2.05. The summed E-state index contributed by atoms with van der Waals surface area (Å²) in [6.45, 7) is 8.50. The van der Waals surface area contributed by atoms with Gasteiger partial charge in [0.1, 0.15) is 4.21 Å². The fourth-order valence-electron chi connectivity index (χ4n) is 1.12. The first kappa shape index (κ1) is 14.4. The van der Waals surface area contributed by atoms with Crippen LogP contribution in [0.15, 0.2) is 28.5 Å². The highest BCUT2D eigenvalue weighted by Crippen LogP contribution is 2.19. The average Bonchev–Trinajstić information content (AvgIpc) is 2.64. The minimum Gasteiger partial charge on any atom is -0.376 e. The Labute approximate surface area is 106 Å². The zero-order valence-electron chi connectivity index (χ0n) is 10.0. The largest absolute Gasteiger partial charge is 0.376 e. The van der Waals surface area contributed by atoms with E-state index in [1.807, 2.05) is 13.8 Å². The second-order valence-electron chi connectivity index (χ2n) is 3.77. The minimum atomic E-state index is -3.37. The molecule has 0 aliphatic rings. The first-order valence-corrected chi connectivity index (χ1v) is 7.50. The van der Waals surface area contributed by atoms with Crippen LogP contribution in [0.5, 0.6) is 0 Å². The van der Waals surface area contributed by atoms with Crippen molar-refractivity contribution in [3.05, 3.63) is 29.2 Å². The zero-order valence-corrected chi connectivity index (χ0v) is 11.7. The van der Waals surface area contributed by atoms with Gasteiger partial charge < -0.3 is 4.74 Å². The van der Waals surface area contributed by atoms with Crippen LogP contribution in [0.2, 0.25) is 0 Å². The maximum Gasteiger partial charge on any atom is 0.250 e. The van der Waals surface area contributed by atoms with Crippen molar-refractivity contribution in [1.29, 1.82) is 0 Å². The SMILES string of the molecule is C=C(C)COCCNS(=O)(=O)c1ccc(C)s1. The van der Waals surface area contributed by atoms with Crippen molar-refractivity contribution < 1.29 is 13.2 Å². The van der Waals surface area contributed by atoms with Gasteiger partial charge in [-0.2, -0.15) is 0 Å². The Hall–Kier alpha value is -0.690. The van der Waals surface area contributed by atoms with Crippen molar-refractivity contribution in [3.63, 3.8) is 0 Å². The van der Waals surface area contributed by atoms with Gasteiger partial charge in [0.05, 0.1) is 13.2 Å². The number of hydrogen-bond acceptors (Lipinski definition) is 4. The highest BCUT2D eigenvalue weighted by atomic mass is 32.2. The van der Waals surface area contributed by atoms with E-state index in [4.69, 9.17) is 4.74 Å². The molecular formula is C11H17NO3S2. The van der Waals surface area contributed by atoms with Crippen molar-refractivity contribution in [3.8, 4) is 0 Å². The molecule has 4 nitrogen and oxygen atoms in total. The van der Waals surface area contributed by atoms with Crippen LogP contribution in [0.3, 0.4) is 0 Å². The summed E-state index contributed by atoms with van der Waals surface area (Å²) in [5, 5.41) is 0. The number of nitrogens with one attached hydrogen (secondary N) is 1. The predicted molar refractivity (Wildman–Crippen MR) is 69.9 cm³/mol. The number of rotatable bonds is 7. The number of aryl methyl sites for hydroxylation is 1. The van der Waals surface area contributed by atoms with E-state index in [1.54, 1.807) is 12.1 Å². The molecule has 0 aliphatic carbocycles. The fourth-order valence-corrected chi connectivity index (χ4v) is 3.46. The number of sulfonamides is 1. The van der Waals surface area contributed by atoms with Crippen molar-refractivity contribution in [2.75, 3.05) is 19.8 Å². The van der Waals surface area contributed by atoms with Crippen molar-refractivity contribution >= 4 is 21.4 Å². The summed E-state index contributed by atoms with van der Waals surface area (Å²) >= 11 is 1.26. The van der Waals surface area contributed by atoms with Crippen molar-refractivity contribution in [1.82, 2.24) is 4.72 Å². The molecule has 0 atom stereocenters. The molecule has 0 aliphatic heterocycles. The van der Waals surface area contributed by atoms with Gasteiger partial charge in [-0.3, -0.25) is 0 Å². The van der Waals surface area contributed by atoms with Gasteiger partial charge in [-0.05, 0) is 26.0 Å². The van der Waals surface area contributed by atoms with Crippen LogP contribution in [0.4, 0.5) is 0 Å². The molecule has 0 aromatic carbocycles. The first-order chi connectivity index (χ1) is 7.92. The van der Waals surface area contributed by atoms with Crippen LogP contribution in [0.1, 0.15) is 11.8 Å². The Morgan fingerprint density at radius 2 is 2.24 bits per heavy atom. The Kier molecular flexibility index (Phi) is 5.32. The van der Waals surface area contributed by atoms with Gasteiger partial charge in [0.2, 0.25) is 10.0 Å². The van der Waals surface area contributed by atoms with Gasteiger partial charge >= 0.3 is 0 Å². The molecular weight excluding hydrogens is 258 g/mol. The normalized spacial score (nSPS) is 11.6. The molecule has 0 spiro atoms. The number of thiophene rings is 1. The molecule has 0 saturated heterocycles. The number of ether oxygens (including phenoxy) is 1. The highest BCUT2D eigenvalue weighted by Gasteiger charge is 2.14. The summed E-state index contributed by atoms with van der Waals surface area (Å²) in [5.74, 6) is 0. The smallest absolute Gasteiger partial charge is 0.250 e. The lowest BCUT2D eigenvalue weighted by atomic mass is 10.4. The molecule has 0 radical (unpaired) electrons. The Morgan fingerprint density at radius 1 is 1.53 bits per heavy atom. The topological polar surface area (TPSA) is 55.4 Å². The molecule has 0 amide bonds. The highest BCUT2D eigenvalue weighted by molar-refractivity contribution is 7.91. The molecule has 0 unspecified atom stereocenters. The van der Waals surface area contributed by atoms with Crippen LogP contribution in [-0.4, -0.2) is 28.2 Å². The second-order valence-corrected chi connectivity index (χ2v) is 7.05. The quantitative estimate of drug-likeness (QED) is 0.611. The van der Waals surface area contributed by atoms with Crippen molar-refractivity contribution in [2.24, 2.45) is 0 Å². The summed E-state index contributed by atoms with van der Waals surface area (Å²) in [5.41, 5.74) is 0.918. The summed E-state index contributed by atoms with van der Waals surface area (Å²) in [7, 11) is -3.37. The van der Waals surface area contributed by atoms with E-state index < -0.39 is 10.0 Å². The number of hydrogen-bond donors (Lipinski definition) is 1. The van der Waals surface area contributed by atoms with Crippen LogP contribution < -0.4 is 4.72 Å². The van der Waals surface area contributed by atoms with E-state index in [9.17, 15) is 8.42 Å². The Bertz CT molecular complexity index is 477. The third kappa shape index (κ3) is 4.99. The van der Waals surface area contributed by atoms with E-state index in [1.165, 1.54) is 11.3 Å².